The first-order valence-corrected chi connectivity index (χ1v) is 10.5. The van der Waals surface area contributed by atoms with E-state index in [9.17, 15) is 14.4 Å². The van der Waals surface area contributed by atoms with Crippen molar-refractivity contribution in [2.75, 3.05) is 31.2 Å². The summed E-state index contributed by atoms with van der Waals surface area (Å²) < 4.78 is 11.2. The molecule has 0 fully saturated rings. The van der Waals surface area contributed by atoms with Gasteiger partial charge in [0.1, 0.15) is 11.5 Å². The number of ether oxygens (including phenoxy) is 2. The fraction of sp³-hybridized carbons (Fsp3) is 0.375. The molecular formula is C24H28N2O5. The van der Waals surface area contributed by atoms with E-state index in [0.29, 0.717) is 48.7 Å². The minimum atomic E-state index is -0.195. The zero-order chi connectivity index (χ0) is 22.4. The molecule has 1 aliphatic heterocycles. The molecule has 0 aromatic heterocycles. The normalized spacial score (nSPS) is 12.7. The lowest BCUT2D eigenvalue weighted by Crippen LogP contribution is -2.40. The van der Waals surface area contributed by atoms with Crippen molar-refractivity contribution < 1.29 is 23.9 Å². The van der Waals surface area contributed by atoms with E-state index >= 15 is 0 Å². The predicted molar refractivity (Wildman–Crippen MR) is 118 cm³/mol. The van der Waals surface area contributed by atoms with Crippen molar-refractivity contribution in [2.45, 2.75) is 33.6 Å². The molecule has 1 N–H and O–H groups in total. The highest BCUT2D eigenvalue weighted by Gasteiger charge is 2.26. The molecule has 7 nitrogen and oxygen atoms in total. The van der Waals surface area contributed by atoms with E-state index in [-0.39, 0.29) is 30.8 Å². The molecule has 0 spiro atoms. The summed E-state index contributed by atoms with van der Waals surface area (Å²) in [6.45, 7) is 6.66. The van der Waals surface area contributed by atoms with Crippen LogP contribution < -0.4 is 19.7 Å². The lowest BCUT2D eigenvalue weighted by Gasteiger charge is -2.29. The Bertz CT molecular complexity index is 986. The zero-order valence-corrected chi connectivity index (χ0v) is 18.2. The number of Topliss-reactive ketones (excluding diaryl/α,β-unsaturated/α-hetero) is 1. The number of carbonyl (C=O) groups is 3. The fourth-order valence-electron chi connectivity index (χ4n) is 3.34. The molecule has 2 aromatic carbocycles. The summed E-state index contributed by atoms with van der Waals surface area (Å²) in [5.41, 5.74) is 3.24. The van der Waals surface area contributed by atoms with Crippen LogP contribution >= 0.6 is 0 Å². The number of nitrogens with zero attached hydrogens (tertiary/aromatic N) is 1. The van der Waals surface area contributed by atoms with E-state index in [1.54, 1.807) is 23.1 Å². The van der Waals surface area contributed by atoms with Crippen LogP contribution in [0, 0.1) is 13.8 Å². The first-order chi connectivity index (χ1) is 14.9. The van der Waals surface area contributed by atoms with Crippen molar-refractivity contribution in [3.05, 3.63) is 53.1 Å². The van der Waals surface area contributed by atoms with Crippen LogP contribution in [0.1, 0.15) is 41.3 Å². The zero-order valence-electron chi connectivity index (χ0n) is 18.2. The molecule has 0 radical (unpaired) electrons. The van der Waals surface area contributed by atoms with Gasteiger partial charge < -0.3 is 19.7 Å². The van der Waals surface area contributed by atoms with Crippen LogP contribution in [0.2, 0.25) is 0 Å². The predicted octanol–water partition coefficient (Wildman–Crippen LogP) is 3.21. The number of hydrogen-bond donors (Lipinski definition) is 1. The number of anilines is 1. The highest BCUT2D eigenvalue weighted by Crippen LogP contribution is 2.33. The monoisotopic (exact) mass is 424 g/mol. The highest BCUT2D eigenvalue weighted by molar-refractivity contribution is 6.02. The lowest BCUT2D eigenvalue weighted by atomic mass is 10.1. The maximum atomic E-state index is 12.7. The third-order valence-electron chi connectivity index (χ3n) is 5.23. The van der Waals surface area contributed by atoms with Gasteiger partial charge in [-0.25, -0.2) is 0 Å². The van der Waals surface area contributed by atoms with Gasteiger partial charge in [0.05, 0.1) is 5.69 Å². The molecule has 0 atom stereocenters. The SMILES string of the molecule is CCNC(=O)CCCN1C(=O)COc2ccc(C(=O)COc3ccc(C)c(C)c3)cc21. The standard InChI is InChI=1S/C24H28N2O5/c1-4-25-23(28)6-5-11-26-20-13-18(8-10-22(20)31-15-24(26)29)21(27)14-30-19-9-7-16(2)17(3)12-19/h7-10,12-13H,4-6,11,14-15H2,1-3H3,(H,25,28). The molecule has 0 saturated heterocycles. The van der Waals surface area contributed by atoms with Crippen LogP contribution in [0.4, 0.5) is 5.69 Å². The van der Waals surface area contributed by atoms with Gasteiger partial charge in [-0.05, 0) is 68.7 Å². The number of amides is 2. The van der Waals surface area contributed by atoms with Crippen molar-refractivity contribution in [3.63, 3.8) is 0 Å². The van der Waals surface area contributed by atoms with E-state index in [4.69, 9.17) is 9.47 Å². The number of ketones is 1. The van der Waals surface area contributed by atoms with Crippen molar-refractivity contribution in [2.24, 2.45) is 0 Å². The highest BCUT2D eigenvalue weighted by atomic mass is 16.5. The van der Waals surface area contributed by atoms with Crippen molar-refractivity contribution in [1.29, 1.82) is 0 Å². The Labute approximate surface area is 182 Å². The molecule has 31 heavy (non-hydrogen) atoms. The quantitative estimate of drug-likeness (QED) is 0.625. The molecule has 0 saturated carbocycles. The summed E-state index contributed by atoms with van der Waals surface area (Å²) in [5, 5.41) is 2.75. The van der Waals surface area contributed by atoms with Gasteiger partial charge in [-0.3, -0.25) is 14.4 Å². The summed E-state index contributed by atoms with van der Waals surface area (Å²) >= 11 is 0. The third kappa shape index (κ3) is 5.63. The topological polar surface area (TPSA) is 84.9 Å². The lowest BCUT2D eigenvalue weighted by molar-refractivity contribution is -0.122. The number of fused-ring (bicyclic) bond motifs is 1. The van der Waals surface area contributed by atoms with Gasteiger partial charge in [-0.2, -0.15) is 0 Å². The number of nitrogens with one attached hydrogen (secondary N) is 1. The summed E-state index contributed by atoms with van der Waals surface area (Å²) in [5.74, 6) is 0.751. The van der Waals surface area contributed by atoms with E-state index in [2.05, 4.69) is 5.32 Å². The second-order valence-corrected chi connectivity index (χ2v) is 7.53. The molecular weight excluding hydrogens is 396 g/mol. The minimum absolute atomic E-state index is 0.0455. The second kappa shape index (κ2) is 10.1. The van der Waals surface area contributed by atoms with Crippen LogP contribution in [-0.2, 0) is 9.59 Å². The molecule has 164 valence electrons. The number of benzene rings is 2. The molecule has 0 unspecified atom stereocenters. The Kier molecular flexibility index (Phi) is 7.28. The third-order valence-corrected chi connectivity index (χ3v) is 5.23. The van der Waals surface area contributed by atoms with Crippen molar-refractivity contribution in [3.8, 4) is 11.5 Å². The van der Waals surface area contributed by atoms with Gasteiger partial charge in [0.2, 0.25) is 5.91 Å². The molecule has 0 bridgehead atoms. The average Bonchev–Trinajstić information content (AvgIpc) is 2.75. The Morgan fingerprint density at radius 2 is 1.94 bits per heavy atom. The van der Waals surface area contributed by atoms with Gasteiger partial charge >= 0.3 is 0 Å². The molecule has 3 rings (SSSR count). The van der Waals surface area contributed by atoms with Gasteiger partial charge in [-0.1, -0.05) is 6.07 Å². The molecule has 2 amide bonds. The second-order valence-electron chi connectivity index (χ2n) is 7.53. The van der Waals surface area contributed by atoms with Crippen LogP contribution in [0.3, 0.4) is 0 Å². The average molecular weight is 424 g/mol. The summed E-state index contributed by atoms with van der Waals surface area (Å²) in [6, 6.07) is 10.7. The van der Waals surface area contributed by atoms with Crippen LogP contribution in [0.25, 0.3) is 0 Å². The number of carbonyl (C=O) groups excluding carboxylic acids is 3. The van der Waals surface area contributed by atoms with E-state index in [0.717, 1.165) is 11.1 Å². The number of aryl methyl sites for hydroxylation is 2. The molecule has 1 heterocycles. The number of hydrogen-bond acceptors (Lipinski definition) is 5. The maximum absolute atomic E-state index is 12.7. The van der Waals surface area contributed by atoms with Crippen LogP contribution in [0.15, 0.2) is 36.4 Å². The molecule has 1 aliphatic rings. The summed E-state index contributed by atoms with van der Waals surface area (Å²) in [4.78, 5) is 38.4. The van der Waals surface area contributed by atoms with E-state index in [1.807, 2.05) is 39.0 Å². The molecule has 2 aromatic rings. The first-order valence-electron chi connectivity index (χ1n) is 10.5. The van der Waals surface area contributed by atoms with Crippen LogP contribution in [-0.4, -0.2) is 43.9 Å². The smallest absolute Gasteiger partial charge is 0.265 e. The van der Waals surface area contributed by atoms with Gasteiger partial charge in [-0.15, -0.1) is 0 Å². The maximum Gasteiger partial charge on any atom is 0.265 e. The van der Waals surface area contributed by atoms with Crippen molar-refractivity contribution in [1.82, 2.24) is 5.32 Å². The molecule has 0 aliphatic carbocycles. The fourth-order valence-corrected chi connectivity index (χ4v) is 3.34. The van der Waals surface area contributed by atoms with E-state index in [1.165, 1.54) is 0 Å². The number of rotatable bonds is 9. The van der Waals surface area contributed by atoms with Crippen molar-refractivity contribution >= 4 is 23.3 Å². The summed E-state index contributed by atoms with van der Waals surface area (Å²) in [7, 11) is 0. The summed E-state index contributed by atoms with van der Waals surface area (Å²) in [6.07, 6.45) is 0.849. The Balaban J connectivity index is 1.68. The van der Waals surface area contributed by atoms with Gasteiger partial charge in [0.15, 0.2) is 19.0 Å². The van der Waals surface area contributed by atoms with Crippen LogP contribution in [0.5, 0.6) is 11.5 Å². The Morgan fingerprint density at radius 3 is 2.68 bits per heavy atom. The first kappa shape index (κ1) is 22.3. The Morgan fingerprint density at radius 1 is 1.13 bits per heavy atom. The largest absolute Gasteiger partial charge is 0.485 e. The minimum Gasteiger partial charge on any atom is -0.485 e. The Hall–Kier alpha value is -3.35. The molecule has 7 heteroatoms. The van der Waals surface area contributed by atoms with Gasteiger partial charge in [0.25, 0.3) is 5.91 Å². The van der Waals surface area contributed by atoms with Gasteiger partial charge in [0, 0.05) is 25.1 Å². The van der Waals surface area contributed by atoms with E-state index < -0.39 is 0 Å².